The lowest BCUT2D eigenvalue weighted by Gasteiger charge is -2.30. The molecular formula is C24H32FN3O7. The molecule has 0 aliphatic carbocycles. The lowest BCUT2D eigenvalue weighted by atomic mass is 10.1. The summed E-state index contributed by atoms with van der Waals surface area (Å²) in [5, 5.41) is 0. The van der Waals surface area contributed by atoms with E-state index in [1.165, 1.54) is 23.0 Å². The van der Waals surface area contributed by atoms with Crippen LogP contribution in [0.3, 0.4) is 0 Å². The van der Waals surface area contributed by atoms with Gasteiger partial charge in [-0.3, -0.25) is 9.80 Å². The molecule has 0 bridgehead atoms. The standard InChI is InChI=1S/C24H32FN3O7/c1-24(2,3)35-23(31)28-12-15(11-20(28)21(29)32-4)34-22(30)27-13-16-17(14-27)19(6-5-18(16)25)26-7-9-33-10-8-26/h5-6,15,20H,7-14H2,1-4H3/t15-,20+/m1/s1. The maximum atomic E-state index is 14.6. The highest BCUT2D eigenvalue weighted by Crippen LogP contribution is 2.35. The number of benzene rings is 1. The van der Waals surface area contributed by atoms with Crippen molar-refractivity contribution in [3.05, 3.63) is 29.1 Å². The lowest BCUT2D eigenvalue weighted by molar-refractivity contribution is -0.145. The van der Waals surface area contributed by atoms with Crippen molar-refractivity contribution in [1.29, 1.82) is 0 Å². The average Bonchev–Trinajstić information content (AvgIpc) is 3.44. The van der Waals surface area contributed by atoms with Crippen LogP contribution in [0.5, 0.6) is 0 Å². The Labute approximate surface area is 203 Å². The Morgan fingerprint density at radius 1 is 1.06 bits per heavy atom. The summed E-state index contributed by atoms with van der Waals surface area (Å²) in [4.78, 5) is 42.7. The van der Waals surface area contributed by atoms with E-state index in [-0.39, 0.29) is 31.9 Å². The molecule has 35 heavy (non-hydrogen) atoms. The molecule has 2 amide bonds. The molecule has 1 aromatic carbocycles. The molecule has 10 nitrogen and oxygen atoms in total. The summed E-state index contributed by atoms with van der Waals surface area (Å²) < 4.78 is 35.9. The number of carbonyl (C=O) groups excluding carboxylic acids is 3. The summed E-state index contributed by atoms with van der Waals surface area (Å²) in [7, 11) is 1.23. The third kappa shape index (κ3) is 5.44. The number of carbonyl (C=O) groups is 3. The summed E-state index contributed by atoms with van der Waals surface area (Å²) in [6.07, 6.45) is -1.96. The third-order valence-electron chi connectivity index (χ3n) is 6.29. The average molecular weight is 494 g/mol. The lowest BCUT2D eigenvalue weighted by Crippen LogP contribution is -2.44. The molecule has 3 heterocycles. The number of rotatable bonds is 3. The number of nitrogens with zero attached hydrogens (tertiary/aromatic N) is 3. The summed E-state index contributed by atoms with van der Waals surface area (Å²) in [6, 6.07) is 2.24. The number of anilines is 1. The topological polar surface area (TPSA) is 97.9 Å². The van der Waals surface area contributed by atoms with Crippen molar-refractivity contribution in [2.45, 2.75) is 58.0 Å². The van der Waals surface area contributed by atoms with Gasteiger partial charge in [0, 0.05) is 36.3 Å². The van der Waals surface area contributed by atoms with E-state index in [0.717, 1.165) is 11.3 Å². The first kappa shape index (κ1) is 25.0. The first-order chi connectivity index (χ1) is 16.6. The highest BCUT2D eigenvalue weighted by molar-refractivity contribution is 5.82. The van der Waals surface area contributed by atoms with Gasteiger partial charge in [0.25, 0.3) is 0 Å². The maximum Gasteiger partial charge on any atom is 0.411 e. The number of hydrogen-bond acceptors (Lipinski definition) is 8. The van der Waals surface area contributed by atoms with E-state index in [0.29, 0.717) is 31.9 Å². The van der Waals surface area contributed by atoms with Crippen LogP contribution in [-0.2, 0) is 36.8 Å². The van der Waals surface area contributed by atoms with Crippen LogP contribution >= 0.6 is 0 Å². The molecule has 0 N–H and O–H groups in total. The van der Waals surface area contributed by atoms with Crippen molar-refractivity contribution in [2.75, 3.05) is 44.9 Å². The van der Waals surface area contributed by atoms with E-state index in [9.17, 15) is 18.8 Å². The van der Waals surface area contributed by atoms with Crippen LogP contribution in [0.25, 0.3) is 0 Å². The van der Waals surface area contributed by atoms with Gasteiger partial charge in [-0.2, -0.15) is 0 Å². The minimum atomic E-state index is -0.922. The summed E-state index contributed by atoms with van der Waals surface area (Å²) in [6.45, 7) is 8.03. The van der Waals surface area contributed by atoms with E-state index in [1.807, 2.05) is 0 Å². The molecule has 1 aromatic rings. The summed E-state index contributed by atoms with van der Waals surface area (Å²) >= 11 is 0. The normalized spacial score (nSPS) is 22.1. The van der Waals surface area contributed by atoms with Crippen LogP contribution in [0, 0.1) is 5.82 Å². The minimum Gasteiger partial charge on any atom is -0.467 e. The van der Waals surface area contributed by atoms with Crippen molar-refractivity contribution in [1.82, 2.24) is 9.80 Å². The van der Waals surface area contributed by atoms with Crippen LogP contribution in [0.4, 0.5) is 19.7 Å². The second-order valence-electron chi connectivity index (χ2n) is 9.89. The molecular weight excluding hydrogens is 461 g/mol. The molecule has 0 aromatic heterocycles. The van der Waals surface area contributed by atoms with Crippen LogP contribution < -0.4 is 4.90 Å². The third-order valence-corrected chi connectivity index (χ3v) is 6.29. The van der Waals surface area contributed by atoms with Gasteiger partial charge in [-0.1, -0.05) is 0 Å². The number of ether oxygens (including phenoxy) is 4. The monoisotopic (exact) mass is 493 g/mol. The number of esters is 1. The van der Waals surface area contributed by atoms with Gasteiger partial charge in [0.1, 0.15) is 23.6 Å². The van der Waals surface area contributed by atoms with Gasteiger partial charge in [0.2, 0.25) is 0 Å². The second kappa shape index (κ2) is 9.88. The molecule has 0 saturated carbocycles. The van der Waals surface area contributed by atoms with Crippen molar-refractivity contribution in [3.63, 3.8) is 0 Å². The van der Waals surface area contributed by atoms with E-state index in [1.54, 1.807) is 26.8 Å². The zero-order valence-electron chi connectivity index (χ0n) is 20.5. The molecule has 2 fully saturated rings. The van der Waals surface area contributed by atoms with Crippen LogP contribution in [0.2, 0.25) is 0 Å². The first-order valence-corrected chi connectivity index (χ1v) is 11.7. The number of methoxy groups -OCH3 is 1. The molecule has 2 saturated heterocycles. The molecule has 2 atom stereocenters. The Bertz CT molecular complexity index is 990. The fourth-order valence-corrected chi connectivity index (χ4v) is 4.65. The van der Waals surface area contributed by atoms with Gasteiger partial charge >= 0.3 is 18.2 Å². The molecule has 4 rings (SSSR count). The Hall–Kier alpha value is -3.08. The molecule has 0 radical (unpaired) electrons. The maximum absolute atomic E-state index is 14.6. The zero-order chi connectivity index (χ0) is 25.3. The number of fused-ring (bicyclic) bond motifs is 1. The van der Waals surface area contributed by atoms with Gasteiger partial charge in [0.05, 0.1) is 40.0 Å². The fourth-order valence-electron chi connectivity index (χ4n) is 4.65. The van der Waals surface area contributed by atoms with Gasteiger partial charge in [0.15, 0.2) is 0 Å². The highest BCUT2D eigenvalue weighted by Gasteiger charge is 2.44. The SMILES string of the molecule is COC(=O)[C@@H]1C[C@@H](OC(=O)N2Cc3c(F)ccc(N4CCOCC4)c3C2)CN1C(=O)OC(C)(C)C. The molecule has 192 valence electrons. The Balaban J connectivity index is 1.44. The smallest absolute Gasteiger partial charge is 0.411 e. The predicted molar refractivity (Wildman–Crippen MR) is 122 cm³/mol. The van der Waals surface area contributed by atoms with Gasteiger partial charge in [-0.05, 0) is 32.9 Å². The minimum absolute atomic E-state index is 0.00536. The molecule has 0 spiro atoms. The van der Waals surface area contributed by atoms with Crippen molar-refractivity contribution >= 4 is 23.8 Å². The molecule has 3 aliphatic rings. The van der Waals surface area contributed by atoms with Crippen LogP contribution in [0.1, 0.15) is 38.3 Å². The Morgan fingerprint density at radius 3 is 2.40 bits per heavy atom. The molecule has 11 heteroatoms. The zero-order valence-corrected chi connectivity index (χ0v) is 20.5. The first-order valence-electron chi connectivity index (χ1n) is 11.7. The van der Waals surface area contributed by atoms with Crippen LogP contribution in [0.15, 0.2) is 12.1 Å². The number of amides is 2. The highest BCUT2D eigenvalue weighted by atomic mass is 19.1. The molecule has 0 unspecified atom stereocenters. The number of likely N-dealkylation sites (tertiary alicyclic amines) is 1. The van der Waals surface area contributed by atoms with E-state index in [2.05, 4.69) is 4.90 Å². The number of hydrogen-bond donors (Lipinski definition) is 0. The Morgan fingerprint density at radius 2 is 1.74 bits per heavy atom. The van der Waals surface area contributed by atoms with E-state index in [4.69, 9.17) is 18.9 Å². The van der Waals surface area contributed by atoms with Crippen molar-refractivity contribution < 1.29 is 37.7 Å². The van der Waals surface area contributed by atoms with Crippen LogP contribution in [-0.4, -0.2) is 85.7 Å². The van der Waals surface area contributed by atoms with E-state index < -0.39 is 35.9 Å². The van der Waals surface area contributed by atoms with Crippen molar-refractivity contribution in [3.8, 4) is 0 Å². The molecule has 3 aliphatic heterocycles. The fraction of sp³-hybridized carbons (Fsp3) is 0.625. The largest absolute Gasteiger partial charge is 0.467 e. The summed E-state index contributed by atoms with van der Waals surface area (Å²) in [5.74, 6) is -0.977. The van der Waals surface area contributed by atoms with Crippen molar-refractivity contribution in [2.24, 2.45) is 0 Å². The number of morpholine rings is 1. The van der Waals surface area contributed by atoms with E-state index >= 15 is 0 Å². The predicted octanol–water partition coefficient (Wildman–Crippen LogP) is 2.67. The Kier molecular flexibility index (Phi) is 7.07. The quantitative estimate of drug-likeness (QED) is 0.468. The number of halogens is 1. The van der Waals surface area contributed by atoms with Gasteiger partial charge < -0.3 is 23.8 Å². The summed E-state index contributed by atoms with van der Waals surface area (Å²) in [5.41, 5.74) is 1.37. The van der Waals surface area contributed by atoms with Gasteiger partial charge in [-0.15, -0.1) is 0 Å². The second-order valence-corrected chi connectivity index (χ2v) is 9.89. The van der Waals surface area contributed by atoms with Gasteiger partial charge in [-0.25, -0.2) is 18.8 Å².